The molecule has 20 heavy (non-hydrogen) atoms. The maximum Gasteiger partial charge on any atom is 0.118 e. The molecule has 1 saturated carbocycles. The molecule has 1 aromatic carbocycles. The average molecular weight is 277 g/mol. The number of benzene rings is 1. The summed E-state index contributed by atoms with van der Waals surface area (Å²) in [6, 6.07) is 8.65. The summed E-state index contributed by atoms with van der Waals surface area (Å²) in [6.07, 6.45) is 5.92. The van der Waals surface area contributed by atoms with Crippen molar-refractivity contribution in [1.82, 2.24) is 5.32 Å². The lowest BCUT2D eigenvalue weighted by Gasteiger charge is -2.37. The molecule has 0 saturated heterocycles. The summed E-state index contributed by atoms with van der Waals surface area (Å²) < 4.78 is 11.2. The van der Waals surface area contributed by atoms with Crippen molar-refractivity contribution in [2.45, 2.75) is 50.7 Å². The normalized spacial score (nSPS) is 18.9. The zero-order valence-corrected chi connectivity index (χ0v) is 12.9. The first-order valence-corrected chi connectivity index (χ1v) is 7.68. The molecule has 0 aromatic heterocycles. The van der Waals surface area contributed by atoms with E-state index in [4.69, 9.17) is 9.47 Å². The quantitative estimate of drug-likeness (QED) is 0.824. The smallest absolute Gasteiger partial charge is 0.118 e. The van der Waals surface area contributed by atoms with Gasteiger partial charge in [0.1, 0.15) is 5.75 Å². The van der Waals surface area contributed by atoms with Gasteiger partial charge in [-0.1, -0.05) is 31.9 Å². The molecular formula is C17H27NO2. The first-order chi connectivity index (χ1) is 9.75. The fourth-order valence-electron chi connectivity index (χ4n) is 3.28. The number of methoxy groups -OCH3 is 2. The summed E-state index contributed by atoms with van der Waals surface area (Å²) >= 11 is 0. The predicted molar refractivity (Wildman–Crippen MR) is 82.2 cm³/mol. The molecule has 0 amide bonds. The Morgan fingerprint density at radius 1 is 1.15 bits per heavy atom. The summed E-state index contributed by atoms with van der Waals surface area (Å²) in [5, 5.41) is 3.69. The predicted octanol–water partition coefficient (Wildman–Crippen LogP) is 3.70. The van der Waals surface area contributed by atoms with E-state index in [0.29, 0.717) is 0 Å². The van der Waals surface area contributed by atoms with E-state index in [1.54, 1.807) is 7.11 Å². The van der Waals surface area contributed by atoms with E-state index in [1.165, 1.54) is 18.4 Å². The minimum Gasteiger partial charge on any atom is -0.497 e. The lowest BCUT2D eigenvalue weighted by atomic mass is 9.86. The molecule has 0 radical (unpaired) electrons. The molecule has 0 bridgehead atoms. The number of ether oxygens (including phenoxy) is 2. The van der Waals surface area contributed by atoms with Crippen LogP contribution in [-0.2, 0) is 4.74 Å². The van der Waals surface area contributed by atoms with Crippen molar-refractivity contribution in [3.63, 3.8) is 0 Å². The molecule has 3 heteroatoms. The molecular weight excluding hydrogens is 250 g/mol. The summed E-state index contributed by atoms with van der Waals surface area (Å²) in [6.45, 7) is 3.22. The van der Waals surface area contributed by atoms with Crippen molar-refractivity contribution < 1.29 is 9.47 Å². The third-order valence-electron chi connectivity index (χ3n) is 4.43. The molecule has 0 heterocycles. The van der Waals surface area contributed by atoms with Crippen LogP contribution in [0.2, 0.25) is 0 Å². The van der Waals surface area contributed by atoms with Gasteiger partial charge in [-0.2, -0.15) is 0 Å². The van der Waals surface area contributed by atoms with Gasteiger partial charge >= 0.3 is 0 Å². The number of hydrogen-bond donors (Lipinski definition) is 1. The Morgan fingerprint density at radius 3 is 2.30 bits per heavy atom. The van der Waals surface area contributed by atoms with E-state index in [0.717, 1.165) is 31.6 Å². The highest BCUT2D eigenvalue weighted by Crippen LogP contribution is 2.42. The molecule has 1 fully saturated rings. The van der Waals surface area contributed by atoms with Gasteiger partial charge in [0.05, 0.1) is 18.8 Å². The second-order valence-corrected chi connectivity index (χ2v) is 5.64. The molecule has 3 nitrogen and oxygen atoms in total. The Kier molecular flexibility index (Phi) is 5.44. The van der Waals surface area contributed by atoms with Crippen molar-refractivity contribution in [3.8, 4) is 5.75 Å². The summed E-state index contributed by atoms with van der Waals surface area (Å²) in [4.78, 5) is 0. The van der Waals surface area contributed by atoms with Crippen LogP contribution in [0.3, 0.4) is 0 Å². The highest BCUT2D eigenvalue weighted by atomic mass is 16.5. The van der Waals surface area contributed by atoms with E-state index >= 15 is 0 Å². The first-order valence-electron chi connectivity index (χ1n) is 7.68. The van der Waals surface area contributed by atoms with Gasteiger partial charge in [0, 0.05) is 7.11 Å². The highest BCUT2D eigenvalue weighted by molar-refractivity contribution is 5.31. The van der Waals surface area contributed by atoms with Gasteiger partial charge in [-0.15, -0.1) is 0 Å². The van der Waals surface area contributed by atoms with E-state index in [9.17, 15) is 0 Å². The Hall–Kier alpha value is -1.06. The fraction of sp³-hybridized carbons (Fsp3) is 0.647. The number of nitrogens with one attached hydrogen (secondary N) is 1. The molecule has 112 valence electrons. The number of rotatable bonds is 7. The van der Waals surface area contributed by atoms with Gasteiger partial charge in [0.25, 0.3) is 0 Å². The van der Waals surface area contributed by atoms with E-state index in [1.807, 2.05) is 19.2 Å². The Labute approximate surface area is 122 Å². The summed E-state index contributed by atoms with van der Waals surface area (Å²) in [7, 11) is 3.56. The molecule has 1 aliphatic rings. The largest absolute Gasteiger partial charge is 0.497 e. The maximum atomic E-state index is 5.98. The van der Waals surface area contributed by atoms with Crippen LogP contribution in [-0.4, -0.2) is 26.4 Å². The maximum absolute atomic E-state index is 5.98. The fourth-order valence-corrected chi connectivity index (χ4v) is 3.28. The van der Waals surface area contributed by atoms with Crippen LogP contribution in [0.4, 0.5) is 0 Å². The second-order valence-electron chi connectivity index (χ2n) is 5.64. The van der Waals surface area contributed by atoms with E-state index < -0.39 is 0 Å². The van der Waals surface area contributed by atoms with Gasteiger partial charge in [-0.05, 0) is 43.5 Å². The first kappa shape index (κ1) is 15.3. The highest BCUT2D eigenvalue weighted by Gasteiger charge is 2.42. The van der Waals surface area contributed by atoms with E-state index in [-0.39, 0.29) is 11.6 Å². The number of hydrogen-bond acceptors (Lipinski definition) is 3. The van der Waals surface area contributed by atoms with Crippen molar-refractivity contribution in [3.05, 3.63) is 29.8 Å². The van der Waals surface area contributed by atoms with Crippen LogP contribution < -0.4 is 10.1 Å². The van der Waals surface area contributed by atoms with Crippen LogP contribution in [0, 0.1) is 0 Å². The molecule has 1 atom stereocenters. The van der Waals surface area contributed by atoms with Crippen molar-refractivity contribution >= 4 is 0 Å². The minimum atomic E-state index is -0.0518. The van der Waals surface area contributed by atoms with Gasteiger partial charge in [0.15, 0.2) is 0 Å². The van der Waals surface area contributed by atoms with Crippen molar-refractivity contribution in [2.75, 3.05) is 20.8 Å². The Balaban J connectivity index is 2.25. The van der Waals surface area contributed by atoms with Gasteiger partial charge in [-0.25, -0.2) is 0 Å². The van der Waals surface area contributed by atoms with Crippen molar-refractivity contribution in [1.29, 1.82) is 0 Å². The summed E-state index contributed by atoms with van der Waals surface area (Å²) in [5.41, 5.74) is 1.24. The van der Waals surface area contributed by atoms with Gasteiger partial charge in [-0.3, -0.25) is 0 Å². The molecule has 0 aliphatic heterocycles. The molecule has 1 aliphatic carbocycles. The second kappa shape index (κ2) is 7.09. The lowest BCUT2D eigenvalue weighted by molar-refractivity contribution is -0.0367. The topological polar surface area (TPSA) is 30.5 Å². The zero-order chi connectivity index (χ0) is 14.4. The van der Waals surface area contributed by atoms with Crippen LogP contribution in [0.25, 0.3) is 0 Å². The van der Waals surface area contributed by atoms with Crippen molar-refractivity contribution in [2.24, 2.45) is 0 Å². The van der Waals surface area contributed by atoms with Crippen LogP contribution >= 0.6 is 0 Å². The van der Waals surface area contributed by atoms with Crippen LogP contribution in [0.15, 0.2) is 24.3 Å². The van der Waals surface area contributed by atoms with E-state index in [2.05, 4.69) is 24.4 Å². The lowest BCUT2D eigenvalue weighted by Crippen LogP contribution is -2.43. The summed E-state index contributed by atoms with van der Waals surface area (Å²) in [5.74, 6) is 0.904. The average Bonchev–Trinajstić information content (AvgIpc) is 2.98. The minimum absolute atomic E-state index is 0.0518. The molecule has 2 rings (SSSR count). The van der Waals surface area contributed by atoms with Gasteiger partial charge < -0.3 is 14.8 Å². The van der Waals surface area contributed by atoms with Gasteiger partial charge in [0.2, 0.25) is 0 Å². The standard InChI is InChI=1S/C17H27NO2/c1-4-13-18-16(17(20-3)11-5-6-12-17)14-7-9-15(19-2)10-8-14/h7-10,16,18H,4-6,11-13H2,1-3H3. The Morgan fingerprint density at radius 2 is 1.80 bits per heavy atom. The van der Waals surface area contributed by atoms with Crippen LogP contribution in [0.5, 0.6) is 5.75 Å². The molecule has 1 aromatic rings. The molecule has 1 N–H and O–H groups in total. The monoisotopic (exact) mass is 277 g/mol. The SMILES string of the molecule is CCCNC(c1ccc(OC)cc1)C1(OC)CCCC1. The zero-order valence-electron chi connectivity index (χ0n) is 12.9. The third kappa shape index (κ3) is 3.15. The molecule has 1 unspecified atom stereocenters. The third-order valence-corrected chi connectivity index (χ3v) is 4.43. The van der Waals surface area contributed by atoms with Crippen LogP contribution in [0.1, 0.15) is 50.6 Å². The molecule has 0 spiro atoms. The Bertz CT molecular complexity index is 396.